The molecule has 0 aliphatic rings. The van der Waals surface area contributed by atoms with E-state index in [-0.39, 0.29) is 5.75 Å². The second kappa shape index (κ2) is 5.29. The third-order valence-electron chi connectivity index (χ3n) is 2.10. The average Bonchev–Trinajstić information content (AvgIpc) is 2.79. The highest BCUT2D eigenvalue weighted by atomic mass is 19.3. The molecule has 1 heterocycles. The third kappa shape index (κ3) is 3.44. The second-order valence-corrected chi connectivity index (χ2v) is 3.34. The molecule has 0 aliphatic carbocycles. The molecule has 2 rings (SSSR count). The molecule has 0 saturated carbocycles. The second-order valence-electron chi connectivity index (χ2n) is 3.34. The summed E-state index contributed by atoms with van der Waals surface area (Å²) in [5.41, 5.74) is 1.61. The van der Waals surface area contributed by atoms with E-state index in [9.17, 15) is 8.78 Å². The number of rotatable bonds is 5. The van der Waals surface area contributed by atoms with Gasteiger partial charge in [0.15, 0.2) is 0 Å². The Balaban J connectivity index is 1.96. The van der Waals surface area contributed by atoms with E-state index in [1.54, 1.807) is 18.3 Å². The van der Waals surface area contributed by atoms with Crippen molar-refractivity contribution in [2.24, 2.45) is 0 Å². The van der Waals surface area contributed by atoms with E-state index < -0.39 is 6.61 Å². The minimum absolute atomic E-state index is 0.134. The molecule has 17 heavy (non-hydrogen) atoms. The SMILES string of the molecule is FC(F)Oc1cccc(NCc2ccn[nH]2)c1. The van der Waals surface area contributed by atoms with Crippen LogP contribution in [-0.2, 0) is 6.54 Å². The van der Waals surface area contributed by atoms with Gasteiger partial charge in [0.25, 0.3) is 0 Å². The van der Waals surface area contributed by atoms with Crippen LogP contribution in [0.1, 0.15) is 5.69 Å². The molecule has 1 aromatic carbocycles. The third-order valence-corrected chi connectivity index (χ3v) is 2.10. The molecule has 0 unspecified atom stereocenters. The number of ether oxygens (including phenoxy) is 1. The number of H-pyrrole nitrogens is 1. The van der Waals surface area contributed by atoms with Gasteiger partial charge in [-0.3, -0.25) is 5.10 Å². The molecule has 0 amide bonds. The van der Waals surface area contributed by atoms with Gasteiger partial charge in [-0.05, 0) is 18.2 Å². The van der Waals surface area contributed by atoms with Crippen LogP contribution in [0.15, 0.2) is 36.5 Å². The van der Waals surface area contributed by atoms with Gasteiger partial charge < -0.3 is 10.1 Å². The molecular formula is C11H11F2N3O. The van der Waals surface area contributed by atoms with Crippen LogP contribution in [0.4, 0.5) is 14.5 Å². The first kappa shape index (κ1) is 11.4. The van der Waals surface area contributed by atoms with Gasteiger partial charge in [-0.25, -0.2) is 0 Å². The van der Waals surface area contributed by atoms with Gasteiger partial charge in [0, 0.05) is 18.0 Å². The van der Waals surface area contributed by atoms with Crippen LogP contribution in [0.2, 0.25) is 0 Å². The summed E-state index contributed by atoms with van der Waals surface area (Å²) in [5.74, 6) is 0.134. The minimum Gasteiger partial charge on any atom is -0.435 e. The van der Waals surface area contributed by atoms with Gasteiger partial charge in [0.05, 0.1) is 12.2 Å². The summed E-state index contributed by atoms with van der Waals surface area (Å²) in [6.45, 7) is -2.27. The Morgan fingerprint density at radius 2 is 2.24 bits per heavy atom. The summed E-state index contributed by atoms with van der Waals surface area (Å²) >= 11 is 0. The summed E-state index contributed by atoms with van der Waals surface area (Å²) in [5, 5.41) is 9.66. The largest absolute Gasteiger partial charge is 0.435 e. The molecule has 0 aliphatic heterocycles. The molecule has 0 fully saturated rings. The highest BCUT2D eigenvalue weighted by Crippen LogP contribution is 2.19. The molecule has 2 aromatic rings. The van der Waals surface area contributed by atoms with Crippen LogP contribution >= 0.6 is 0 Å². The Bertz CT molecular complexity index is 459. The topological polar surface area (TPSA) is 49.9 Å². The van der Waals surface area contributed by atoms with Crippen LogP contribution in [0.5, 0.6) is 5.75 Å². The Morgan fingerprint density at radius 3 is 2.94 bits per heavy atom. The van der Waals surface area contributed by atoms with Gasteiger partial charge in [0.1, 0.15) is 5.75 Å². The maximum atomic E-state index is 12.0. The van der Waals surface area contributed by atoms with E-state index in [0.717, 1.165) is 5.69 Å². The maximum absolute atomic E-state index is 12.0. The summed E-state index contributed by atoms with van der Waals surface area (Å²) in [4.78, 5) is 0. The normalized spacial score (nSPS) is 10.5. The minimum atomic E-state index is -2.81. The van der Waals surface area contributed by atoms with Crippen LogP contribution in [0, 0.1) is 0 Å². The van der Waals surface area contributed by atoms with Crippen molar-refractivity contribution < 1.29 is 13.5 Å². The van der Waals surface area contributed by atoms with E-state index in [2.05, 4.69) is 20.3 Å². The van der Waals surface area contributed by atoms with Crippen molar-refractivity contribution in [3.8, 4) is 5.75 Å². The lowest BCUT2D eigenvalue weighted by molar-refractivity contribution is -0.0498. The molecule has 90 valence electrons. The Morgan fingerprint density at radius 1 is 1.35 bits per heavy atom. The van der Waals surface area contributed by atoms with E-state index in [1.165, 1.54) is 12.1 Å². The average molecular weight is 239 g/mol. The van der Waals surface area contributed by atoms with Gasteiger partial charge in [0.2, 0.25) is 0 Å². The first-order chi connectivity index (χ1) is 8.24. The quantitative estimate of drug-likeness (QED) is 0.843. The molecule has 0 bridgehead atoms. The van der Waals surface area contributed by atoms with E-state index >= 15 is 0 Å². The lowest BCUT2D eigenvalue weighted by Gasteiger charge is -2.08. The fraction of sp³-hybridized carbons (Fsp3) is 0.182. The van der Waals surface area contributed by atoms with Crippen LogP contribution < -0.4 is 10.1 Å². The molecule has 0 radical (unpaired) electrons. The number of nitrogens with zero attached hydrogens (tertiary/aromatic N) is 1. The smallest absolute Gasteiger partial charge is 0.387 e. The predicted molar refractivity (Wildman–Crippen MR) is 59.0 cm³/mol. The van der Waals surface area contributed by atoms with Crippen molar-refractivity contribution in [1.29, 1.82) is 0 Å². The van der Waals surface area contributed by atoms with Crippen molar-refractivity contribution in [3.63, 3.8) is 0 Å². The summed E-state index contributed by atoms with van der Waals surface area (Å²) < 4.78 is 28.3. The first-order valence-corrected chi connectivity index (χ1v) is 5.01. The lowest BCUT2D eigenvalue weighted by atomic mass is 10.3. The lowest BCUT2D eigenvalue weighted by Crippen LogP contribution is -2.03. The number of alkyl halides is 2. The zero-order valence-electron chi connectivity index (χ0n) is 8.86. The van der Waals surface area contributed by atoms with Gasteiger partial charge >= 0.3 is 6.61 Å². The molecule has 6 heteroatoms. The Hall–Kier alpha value is -2.11. The number of aromatic nitrogens is 2. The van der Waals surface area contributed by atoms with Crippen molar-refractivity contribution in [2.45, 2.75) is 13.2 Å². The van der Waals surface area contributed by atoms with Crippen molar-refractivity contribution in [2.75, 3.05) is 5.32 Å². The molecule has 2 N–H and O–H groups in total. The predicted octanol–water partition coefficient (Wildman–Crippen LogP) is 2.62. The number of halogens is 2. The van der Waals surface area contributed by atoms with Gasteiger partial charge in [-0.2, -0.15) is 13.9 Å². The molecular weight excluding hydrogens is 228 g/mol. The number of hydrogen-bond donors (Lipinski definition) is 2. The van der Waals surface area contributed by atoms with Crippen molar-refractivity contribution in [1.82, 2.24) is 10.2 Å². The maximum Gasteiger partial charge on any atom is 0.387 e. The first-order valence-electron chi connectivity index (χ1n) is 5.01. The molecule has 4 nitrogen and oxygen atoms in total. The number of nitrogens with one attached hydrogen (secondary N) is 2. The fourth-order valence-electron chi connectivity index (χ4n) is 1.36. The van der Waals surface area contributed by atoms with Crippen LogP contribution in [0.25, 0.3) is 0 Å². The van der Waals surface area contributed by atoms with Gasteiger partial charge in [-0.15, -0.1) is 0 Å². The standard InChI is InChI=1S/C11H11F2N3O/c12-11(13)17-10-3-1-2-8(6-10)14-7-9-4-5-15-16-9/h1-6,11,14H,7H2,(H,15,16). The van der Waals surface area contributed by atoms with Crippen molar-refractivity contribution >= 4 is 5.69 Å². The van der Waals surface area contributed by atoms with E-state index in [4.69, 9.17) is 0 Å². The molecule has 0 saturated heterocycles. The summed E-state index contributed by atoms with van der Waals surface area (Å²) in [6, 6.07) is 8.24. The molecule has 0 atom stereocenters. The van der Waals surface area contributed by atoms with Gasteiger partial charge in [-0.1, -0.05) is 6.07 Å². The molecule has 0 spiro atoms. The van der Waals surface area contributed by atoms with E-state index in [1.807, 2.05) is 6.07 Å². The highest BCUT2D eigenvalue weighted by Gasteiger charge is 2.04. The number of benzene rings is 1. The monoisotopic (exact) mass is 239 g/mol. The Kier molecular flexibility index (Phi) is 3.54. The highest BCUT2D eigenvalue weighted by molar-refractivity contribution is 5.48. The zero-order valence-corrected chi connectivity index (χ0v) is 8.86. The zero-order chi connectivity index (χ0) is 12.1. The fourth-order valence-corrected chi connectivity index (χ4v) is 1.36. The number of aromatic amines is 1. The van der Waals surface area contributed by atoms with E-state index in [0.29, 0.717) is 12.2 Å². The number of hydrogen-bond acceptors (Lipinski definition) is 3. The number of anilines is 1. The Labute approximate surface area is 96.6 Å². The summed E-state index contributed by atoms with van der Waals surface area (Å²) in [7, 11) is 0. The molecule has 1 aromatic heterocycles. The summed E-state index contributed by atoms with van der Waals surface area (Å²) in [6.07, 6.45) is 1.65. The van der Waals surface area contributed by atoms with Crippen molar-refractivity contribution in [3.05, 3.63) is 42.2 Å². The van der Waals surface area contributed by atoms with Crippen LogP contribution in [-0.4, -0.2) is 16.8 Å². The van der Waals surface area contributed by atoms with Crippen LogP contribution in [0.3, 0.4) is 0 Å².